The van der Waals surface area contributed by atoms with E-state index < -0.39 is 12.1 Å². The maximum Gasteiger partial charge on any atom is 0.334 e. The van der Waals surface area contributed by atoms with Crippen molar-refractivity contribution in [1.82, 2.24) is 4.90 Å². The van der Waals surface area contributed by atoms with Crippen LogP contribution in [0.1, 0.15) is 33.1 Å². The van der Waals surface area contributed by atoms with Gasteiger partial charge >= 0.3 is 5.97 Å². The van der Waals surface area contributed by atoms with Gasteiger partial charge in [0.05, 0.1) is 6.61 Å². The second-order valence-electron chi connectivity index (χ2n) is 5.61. The fourth-order valence-electron chi connectivity index (χ4n) is 3.00. The predicted molar refractivity (Wildman–Crippen MR) is 64.9 cm³/mol. The fraction of sp³-hybridized carbons (Fsp3) is 0.923. The summed E-state index contributed by atoms with van der Waals surface area (Å²) in [6.07, 6.45) is 3.05. The van der Waals surface area contributed by atoms with Gasteiger partial charge in [0.25, 0.3) is 0 Å². The summed E-state index contributed by atoms with van der Waals surface area (Å²) in [5.41, 5.74) is 0. The maximum absolute atomic E-state index is 10.9. The third-order valence-electron chi connectivity index (χ3n) is 4.46. The Morgan fingerprint density at radius 1 is 1.29 bits per heavy atom. The molecule has 17 heavy (non-hydrogen) atoms. The molecule has 0 aromatic heterocycles. The zero-order valence-corrected chi connectivity index (χ0v) is 10.8. The van der Waals surface area contributed by atoms with Crippen LogP contribution in [0.3, 0.4) is 0 Å². The van der Waals surface area contributed by atoms with Crippen molar-refractivity contribution in [1.29, 1.82) is 0 Å². The van der Waals surface area contributed by atoms with Gasteiger partial charge in [0.15, 0.2) is 6.10 Å². The van der Waals surface area contributed by atoms with Gasteiger partial charge in [0, 0.05) is 19.1 Å². The molecule has 0 spiro atoms. The van der Waals surface area contributed by atoms with E-state index in [0.29, 0.717) is 19.2 Å². The van der Waals surface area contributed by atoms with Crippen molar-refractivity contribution in [3.63, 3.8) is 0 Å². The summed E-state index contributed by atoms with van der Waals surface area (Å²) >= 11 is 0. The van der Waals surface area contributed by atoms with Crippen LogP contribution in [-0.2, 0) is 9.53 Å². The van der Waals surface area contributed by atoms with Gasteiger partial charge in [-0.25, -0.2) is 4.79 Å². The van der Waals surface area contributed by atoms with Crippen molar-refractivity contribution in [2.75, 3.05) is 19.7 Å². The second kappa shape index (κ2) is 5.36. The van der Waals surface area contributed by atoms with Gasteiger partial charge in [-0.05, 0) is 31.1 Å². The number of morpholine rings is 1. The van der Waals surface area contributed by atoms with Crippen LogP contribution >= 0.6 is 0 Å². The van der Waals surface area contributed by atoms with E-state index >= 15 is 0 Å². The van der Waals surface area contributed by atoms with Crippen LogP contribution in [0.4, 0.5) is 0 Å². The first-order valence-electron chi connectivity index (χ1n) is 6.66. The lowest BCUT2D eigenvalue weighted by molar-refractivity contribution is -0.157. The standard InChI is InChI=1S/C13H23NO3/c1-9-3-4-11(7-10(9)2)14-5-6-17-12(8-14)13(15)16/h9-12H,3-8H2,1-2H3,(H,15,16). The third-order valence-corrected chi connectivity index (χ3v) is 4.46. The minimum Gasteiger partial charge on any atom is -0.479 e. The molecule has 1 aliphatic heterocycles. The van der Waals surface area contributed by atoms with E-state index in [1.165, 1.54) is 19.3 Å². The number of aliphatic carboxylic acids is 1. The summed E-state index contributed by atoms with van der Waals surface area (Å²) in [5.74, 6) is 0.731. The quantitative estimate of drug-likeness (QED) is 0.797. The molecule has 4 heteroatoms. The molecule has 98 valence electrons. The van der Waals surface area contributed by atoms with Crippen LogP contribution in [0.2, 0.25) is 0 Å². The molecule has 2 fully saturated rings. The molecule has 4 unspecified atom stereocenters. The van der Waals surface area contributed by atoms with E-state index in [0.717, 1.165) is 18.4 Å². The average molecular weight is 241 g/mol. The first-order valence-corrected chi connectivity index (χ1v) is 6.66. The average Bonchev–Trinajstić information content (AvgIpc) is 2.33. The lowest BCUT2D eigenvalue weighted by Gasteiger charge is -2.42. The van der Waals surface area contributed by atoms with E-state index in [4.69, 9.17) is 9.84 Å². The number of carboxylic acid groups (broad SMARTS) is 1. The number of carboxylic acids is 1. The summed E-state index contributed by atoms with van der Waals surface area (Å²) in [6, 6.07) is 0.562. The molecule has 2 aliphatic rings. The number of hydrogen-bond donors (Lipinski definition) is 1. The van der Waals surface area contributed by atoms with Crippen molar-refractivity contribution < 1.29 is 14.6 Å². The molecule has 1 saturated heterocycles. The Morgan fingerprint density at radius 3 is 2.71 bits per heavy atom. The molecule has 2 rings (SSSR count). The number of carbonyl (C=O) groups is 1. The Hall–Kier alpha value is -0.610. The highest BCUT2D eigenvalue weighted by atomic mass is 16.5. The van der Waals surface area contributed by atoms with Crippen molar-refractivity contribution in [2.24, 2.45) is 11.8 Å². The SMILES string of the molecule is CC1CCC(N2CCOC(C(=O)O)C2)CC1C. The second-order valence-corrected chi connectivity index (χ2v) is 5.61. The minimum absolute atomic E-state index is 0.553. The number of ether oxygens (including phenoxy) is 1. The number of hydrogen-bond acceptors (Lipinski definition) is 3. The summed E-state index contributed by atoms with van der Waals surface area (Å²) < 4.78 is 5.27. The molecule has 1 N–H and O–H groups in total. The first-order chi connectivity index (χ1) is 8.08. The Kier molecular flexibility index (Phi) is 4.05. The smallest absolute Gasteiger partial charge is 0.334 e. The Labute approximate surface area is 103 Å². The highest BCUT2D eigenvalue weighted by Gasteiger charge is 2.33. The van der Waals surface area contributed by atoms with Gasteiger partial charge in [0.1, 0.15) is 0 Å². The van der Waals surface area contributed by atoms with Crippen LogP contribution in [0, 0.1) is 11.8 Å². The van der Waals surface area contributed by atoms with Crippen LogP contribution in [-0.4, -0.2) is 47.8 Å². The largest absolute Gasteiger partial charge is 0.479 e. The molecule has 0 radical (unpaired) electrons. The third kappa shape index (κ3) is 2.99. The van der Waals surface area contributed by atoms with E-state index in [2.05, 4.69) is 18.7 Å². The van der Waals surface area contributed by atoms with E-state index in [9.17, 15) is 4.79 Å². The van der Waals surface area contributed by atoms with Crippen LogP contribution < -0.4 is 0 Å². The topological polar surface area (TPSA) is 49.8 Å². The summed E-state index contributed by atoms with van der Waals surface area (Å²) in [4.78, 5) is 13.3. The molecule has 0 amide bonds. The van der Waals surface area contributed by atoms with Crippen LogP contribution in [0.15, 0.2) is 0 Å². The van der Waals surface area contributed by atoms with Gasteiger partial charge < -0.3 is 9.84 Å². The summed E-state index contributed by atoms with van der Waals surface area (Å²) in [5, 5.41) is 9.00. The zero-order valence-electron chi connectivity index (χ0n) is 10.8. The molecule has 4 nitrogen and oxygen atoms in total. The molecular weight excluding hydrogens is 218 g/mol. The summed E-state index contributed by atoms with van der Waals surface area (Å²) in [7, 11) is 0. The Morgan fingerprint density at radius 2 is 2.06 bits per heavy atom. The molecular formula is C13H23NO3. The van der Waals surface area contributed by atoms with Crippen molar-refractivity contribution >= 4 is 5.97 Å². The lowest BCUT2D eigenvalue weighted by Crippen LogP contribution is -2.51. The van der Waals surface area contributed by atoms with Gasteiger partial charge in [0.2, 0.25) is 0 Å². The van der Waals surface area contributed by atoms with E-state index in [-0.39, 0.29) is 0 Å². The molecule has 1 heterocycles. The zero-order chi connectivity index (χ0) is 12.4. The molecule has 4 atom stereocenters. The monoisotopic (exact) mass is 241 g/mol. The maximum atomic E-state index is 10.9. The molecule has 0 aromatic carbocycles. The normalized spacial score (nSPS) is 40.1. The Balaban J connectivity index is 1.91. The van der Waals surface area contributed by atoms with Gasteiger partial charge in [-0.1, -0.05) is 13.8 Å². The van der Waals surface area contributed by atoms with Gasteiger partial charge in [-0.3, -0.25) is 4.90 Å². The summed E-state index contributed by atoms with van der Waals surface area (Å²) in [6.45, 7) is 6.63. The highest BCUT2D eigenvalue weighted by Crippen LogP contribution is 2.32. The molecule has 1 saturated carbocycles. The van der Waals surface area contributed by atoms with Crippen molar-refractivity contribution in [3.8, 4) is 0 Å². The van der Waals surface area contributed by atoms with Crippen LogP contribution in [0.25, 0.3) is 0 Å². The fourth-order valence-corrected chi connectivity index (χ4v) is 3.00. The van der Waals surface area contributed by atoms with Crippen LogP contribution in [0.5, 0.6) is 0 Å². The molecule has 0 bridgehead atoms. The first kappa shape index (κ1) is 12.8. The minimum atomic E-state index is -0.827. The van der Waals surface area contributed by atoms with Crippen molar-refractivity contribution in [3.05, 3.63) is 0 Å². The molecule has 1 aliphatic carbocycles. The number of nitrogens with zero attached hydrogens (tertiary/aromatic N) is 1. The number of rotatable bonds is 2. The Bertz CT molecular complexity index is 282. The van der Waals surface area contributed by atoms with Gasteiger partial charge in [-0.15, -0.1) is 0 Å². The lowest BCUT2D eigenvalue weighted by atomic mass is 9.78. The van der Waals surface area contributed by atoms with E-state index in [1.807, 2.05) is 0 Å². The highest BCUT2D eigenvalue weighted by molar-refractivity contribution is 5.72. The predicted octanol–water partition coefficient (Wildman–Crippen LogP) is 1.60. The van der Waals surface area contributed by atoms with E-state index in [1.54, 1.807) is 0 Å². The van der Waals surface area contributed by atoms with Gasteiger partial charge in [-0.2, -0.15) is 0 Å². The van der Waals surface area contributed by atoms with Crippen molar-refractivity contribution in [2.45, 2.75) is 45.3 Å². The molecule has 0 aromatic rings.